The zero-order chi connectivity index (χ0) is 14.9. The molecule has 1 fully saturated rings. The van der Waals surface area contributed by atoms with Crippen molar-refractivity contribution in [1.82, 2.24) is 5.32 Å². The Balaban J connectivity index is 2.13. The first kappa shape index (κ1) is 14.8. The number of amides is 1. The lowest BCUT2D eigenvalue weighted by atomic mass is 10.0. The summed E-state index contributed by atoms with van der Waals surface area (Å²) in [6.07, 6.45) is 1.52. The molecule has 0 aliphatic heterocycles. The van der Waals surface area contributed by atoms with Gasteiger partial charge in [-0.1, -0.05) is 12.1 Å². The van der Waals surface area contributed by atoms with Crippen LogP contribution in [-0.2, 0) is 4.74 Å². The fourth-order valence-electron chi connectivity index (χ4n) is 2.20. The zero-order valence-corrected chi connectivity index (χ0v) is 12.5. The molecule has 3 nitrogen and oxygen atoms in total. The lowest BCUT2D eigenvalue weighted by Crippen LogP contribution is -2.36. The van der Waals surface area contributed by atoms with Crippen molar-refractivity contribution < 1.29 is 13.9 Å². The Hall–Kier alpha value is -1.58. The van der Waals surface area contributed by atoms with Crippen LogP contribution in [0.15, 0.2) is 18.2 Å². The lowest BCUT2D eigenvalue weighted by molar-refractivity contribution is 0.0496. The number of aryl methyl sites for hydroxylation is 1. The minimum atomic E-state index is -0.552. The molecule has 0 unspecified atom stereocenters. The van der Waals surface area contributed by atoms with Crippen LogP contribution in [0.3, 0.4) is 0 Å². The van der Waals surface area contributed by atoms with Gasteiger partial charge in [-0.25, -0.2) is 9.18 Å². The van der Waals surface area contributed by atoms with Crippen LogP contribution in [0.1, 0.15) is 50.8 Å². The van der Waals surface area contributed by atoms with E-state index in [0.717, 1.165) is 18.4 Å². The number of ether oxygens (including phenoxy) is 1. The van der Waals surface area contributed by atoms with E-state index in [1.54, 1.807) is 6.07 Å². The van der Waals surface area contributed by atoms with Gasteiger partial charge in [-0.15, -0.1) is 0 Å². The Morgan fingerprint density at radius 3 is 2.55 bits per heavy atom. The fourth-order valence-corrected chi connectivity index (χ4v) is 2.20. The first-order valence-corrected chi connectivity index (χ1v) is 7.02. The minimum absolute atomic E-state index is 0.266. The first-order chi connectivity index (χ1) is 9.26. The van der Waals surface area contributed by atoms with Crippen LogP contribution in [0.4, 0.5) is 9.18 Å². The molecule has 1 aliphatic carbocycles. The van der Waals surface area contributed by atoms with Gasteiger partial charge >= 0.3 is 6.09 Å². The molecule has 1 amide bonds. The predicted octanol–water partition coefficient (Wildman–Crippen LogP) is 4.11. The average Bonchev–Trinajstić information content (AvgIpc) is 3.07. The molecule has 1 N–H and O–H groups in total. The van der Waals surface area contributed by atoms with Gasteiger partial charge in [0, 0.05) is 5.56 Å². The molecular formula is C16H22FNO2. The second kappa shape index (κ2) is 5.43. The SMILES string of the molecule is Cc1ccc([C@H](NC(=O)OC(C)(C)C)C2CC2)c(F)c1. The number of carbonyl (C=O) groups excluding carboxylic acids is 1. The van der Waals surface area contributed by atoms with Gasteiger partial charge in [0.15, 0.2) is 0 Å². The monoisotopic (exact) mass is 279 g/mol. The van der Waals surface area contributed by atoms with Crippen molar-refractivity contribution in [2.75, 3.05) is 0 Å². The Labute approximate surface area is 119 Å². The highest BCUT2D eigenvalue weighted by molar-refractivity contribution is 5.68. The predicted molar refractivity (Wildman–Crippen MR) is 76.0 cm³/mol. The van der Waals surface area contributed by atoms with Gasteiger partial charge in [0.1, 0.15) is 11.4 Å². The molecule has 1 aromatic carbocycles. The van der Waals surface area contributed by atoms with Crippen molar-refractivity contribution in [3.63, 3.8) is 0 Å². The molecule has 0 aromatic heterocycles. The Bertz CT molecular complexity index is 504. The highest BCUT2D eigenvalue weighted by Gasteiger charge is 2.35. The highest BCUT2D eigenvalue weighted by Crippen LogP contribution is 2.41. The van der Waals surface area contributed by atoms with E-state index in [1.165, 1.54) is 6.07 Å². The molecule has 0 bridgehead atoms. The van der Waals surface area contributed by atoms with E-state index in [2.05, 4.69) is 5.32 Å². The van der Waals surface area contributed by atoms with Gasteiger partial charge in [0.2, 0.25) is 0 Å². The Morgan fingerprint density at radius 1 is 1.40 bits per heavy atom. The molecule has 0 saturated heterocycles. The summed E-state index contributed by atoms with van der Waals surface area (Å²) in [5.41, 5.74) is 0.867. The summed E-state index contributed by atoms with van der Waals surface area (Å²) in [5, 5.41) is 2.81. The van der Waals surface area contributed by atoms with Crippen LogP contribution in [0, 0.1) is 18.7 Å². The summed E-state index contributed by atoms with van der Waals surface area (Å²) in [5.74, 6) is 0.0395. The van der Waals surface area contributed by atoms with Crippen molar-refractivity contribution in [1.29, 1.82) is 0 Å². The maximum Gasteiger partial charge on any atom is 0.408 e. The van der Waals surface area contributed by atoms with Crippen LogP contribution in [0.5, 0.6) is 0 Å². The van der Waals surface area contributed by atoms with Gasteiger partial charge in [0.05, 0.1) is 6.04 Å². The summed E-state index contributed by atoms with van der Waals surface area (Å²) in [4.78, 5) is 11.9. The molecule has 0 radical (unpaired) electrons. The summed E-state index contributed by atoms with van der Waals surface area (Å²) >= 11 is 0. The molecule has 1 aliphatic rings. The molecule has 1 aromatic rings. The molecule has 0 heterocycles. The molecule has 1 saturated carbocycles. The van der Waals surface area contributed by atoms with Crippen LogP contribution in [0.25, 0.3) is 0 Å². The van der Waals surface area contributed by atoms with E-state index in [1.807, 2.05) is 33.8 Å². The molecule has 4 heteroatoms. The van der Waals surface area contributed by atoms with E-state index in [0.29, 0.717) is 11.5 Å². The Morgan fingerprint density at radius 2 is 2.05 bits per heavy atom. The summed E-state index contributed by atoms with van der Waals surface area (Å²) in [6, 6.07) is 4.82. The molecule has 110 valence electrons. The molecule has 2 rings (SSSR count). The number of nitrogens with one attached hydrogen (secondary N) is 1. The molecule has 20 heavy (non-hydrogen) atoms. The van der Waals surface area contributed by atoms with Gasteiger partial charge in [-0.3, -0.25) is 0 Å². The van der Waals surface area contributed by atoms with Crippen molar-refractivity contribution >= 4 is 6.09 Å². The number of hydrogen-bond acceptors (Lipinski definition) is 2. The number of benzene rings is 1. The summed E-state index contributed by atoms with van der Waals surface area (Å²) in [6.45, 7) is 7.28. The van der Waals surface area contributed by atoms with Crippen LogP contribution in [0.2, 0.25) is 0 Å². The number of alkyl carbamates (subject to hydrolysis) is 1. The van der Waals surface area contributed by atoms with Gasteiger partial charge < -0.3 is 10.1 Å². The maximum atomic E-state index is 14.1. The van der Waals surface area contributed by atoms with Crippen molar-refractivity contribution in [2.45, 2.75) is 52.2 Å². The molecule has 1 atom stereocenters. The number of rotatable bonds is 3. The third kappa shape index (κ3) is 3.95. The van der Waals surface area contributed by atoms with E-state index in [-0.39, 0.29) is 11.9 Å². The van der Waals surface area contributed by atoms with Crippen molar-refractivity contribution in [2.24, 2.45) is 5.92 Å². The highest BCUT2D eigenvalue weighted by atomic mass is 19.1. The largest absolute Gasteiger partial charge is 0.444 e. The van der Waals surface area contributed by atoms with E-state index >= 15 is 0 Å². The third-order valence-electron chi connectivity index (χ3n) is 3.26. The topological polar surface area (TPSA) is 38.3 Å². The fraction of sp³-hybridized carbons (Fsp3) is 0.562. The standard InChI is InChI=1S/C16H22FNO2/c1-10-5-8-12(13(17)9-10)14(11-6-7-11)18-15(19)20-16(2,3)4/h5,8-9,11,14H,6-7H2,1-4H3,(H,18,19)/t14-/m1/s1. The van der Waals surface area contributed by atoms with Gasteiger partial charge in [-0.05, 0) is 58.1 Å². The first-order valence-electron chi connectivity index (χ1n) is 7.02. The van der Waals surface area contributed by atoms with Crippen LogP contribution < -0.4 is 5.32 Å². The maximum absolute atomic E-state index is 14.1. The molecular weight excluding hydrogens is 257 g/mol. The Kier molecular flexibility index (Phi) is 4.02. The van der Waals surface area contributed by atoms with E-state index < -0.39 is 11.7 Å². The lowest BCUT2D eigenvalue weighted by Gasteiger charge is -2.24. The summed E-state index contributed by atoms with van der Waals surface area (Å²) < 4.78 is 19.3. The van der Waals surface area contributed by atoms with E-state index in [9.17, 15) is 9.18 Å². The minimum Gasteiger partial charge on any atom is -0.444 e. The van der Waals surface area contributed by atoms with Crippen LogP contribution in [-0.4, -0.2) is 11.7 Å². The normalized spacial score (nSPS) is 16.6. The van der Waals surface area contributed by atoms with Crippen molar-refractivity contribution in [3.8, 4) is 0 Å². The van der Waals surface area contributed by atoms with Gasteiger partial charge in [-0.2, -0.15) is 0 Å². The van der Waals surface area contributed by atoms with Gasteiger partial charge in [0.25, 0.3) is 0 Å². The summed E-state index contributed by atoms with van der Waals surface area (Å²) in [7, 11) is 0. The number of hydrogen-bond donors (Lipinski definition) is 1. The smallest absolute Gasteiger partial charge is 0.408 e. The zero-order valence-electron chi connectivity index (χ0n) is 12.5. The van der Waals surface area contributed by atoms with Crippen LogP contribution >= 0.6 is 0 Å². The second-order valence-electron chi connectivity index (χ2n) is 6.49. The molecule has 0 spiro atoms. The average molecular weight is 279 g/mol. The second-order valence-corrected chi connectivity index (χ2v) is 6.49. The number of halogens is 1. The van der Waals surface area contributed by atoms with Crippen molar-refractivity contribution in [3.05, 3.63) is 35.1 Å². The van der Waals surface area contributed by atoms with E-state index in [4.69, 9.17) is 4.74 Å². The third-order valence-corrected chi connectivity index (χ3v) is 3.26. The number of carbonyl (C=O) groups is 1. The quantitative estimate of drug-likeness (QED) is 0.904.